The molecule has 1 amide bonds. The van der Waals surface area contributed by atoms with Crippen LogP contribution in [0.15, 0.2) is 23.2 Å². The molecule has 2 fully saturated rings. The van der Waals surface area contributed by atoms with Crippen molar-refractivity contribution in [2.24, 2.45) is 4.99 Å². The van der Waals surface area contributed by atoms with Gasteiger partial charge >= 0.3 is 0 Å². The first kappa shape index (κ1) is 25.1. The van der Waals surface area contributed by atoms with E-state index in [-0.39, 0.29) is 24.0 Å². The van der Waals surface area contributed by atoms with Gasteiger partial charge in [-0.05, 0) is 36.5 Å². The van der Waals surface area contributed by atoms with Gasteiger partial charge in [-0.2, -0.15) is 0 Å². The lowest BCUT2D eigenvalue weighted by atomic mass is 10.1. The van der Waals surface area contributed by atoms with Crippen molar-refractivity contribution >= 4 is 35.8 Å². The van der Waals surface area contributed by atoms with Crippen LogP contribution in [-0.4, -0.2) is 92.6 Å². The zero-order chi connectivity index (χ0) is 21.5. The highest BCUT2D eigenvalue weighted by atomic mass is 127. The van der Waals surface area contributed by atoms with Crippen molar-refractivity contribution in [1.29, 1.82) is 0 Å². The molecule has 4 rings (SSSR count). The number of aliphatic imine (C=N–C) groups is 1. The molecule has 0 atom stereocenters. The molecular formula is C24H38IN5O2. The number of nitrogens with zero attached hydrogens (tertiary/aromatic N) is 4. The average molecular weight is 556 g/mol. The van der Waals surface area contributed by atoms with Crippen molar-refractivity contribution in [2.45, 2.75) is 38.5 Å². The Kier molecular flexibility index (Phi) is 9.90. The molecule has 0 spiro atoms. The van der Waals surface area contributed by atoms with Crippen LogP contribution in [0.2, 0.25) is 0 Å². The first-order valence-corrected chi connectivity index (χ1v) is 11.9. The van der Waals surface area contributed by atoms with Crippen molar-refractivity contribution in [3.05, 3.63) is 29.3 Å². The van der Waals surface area contributed by atoms with E-state index in [1.807, 2.05) is 7.05 Å². The number of hydrogen-bond acceptors (Lipinski definition) is 4. The molecule has 3 aliphatic heterocycles. The molecule has 1 aromatic rings. The second-order valence-electron chi connectivity index (χ2n) is 8.82. The molecule has 178 valence electrons. The molecule has 0 bridgehead atoms. The first-order chi connectivity index (χ1) is 15.2. The smallest absolute Gasteiger partial charge is 0.236 e. The predicted molar refractivity (Wildman–Crippen MR) is 139 cm³/mol. The number of nitrogens with one attached hydrogen (secondary N) is 1. The Morgan fingerprint density at radius 2 is 1.78 bits per heavy atom. The largest absolute Gasteiger partial charge is 0.493 e. The monoisotopic (exact) mass is 555 g/mol. The predicted octanol–water partition coefficient (Wildman–Crippen LogP) is 2.38. The van der Waals surface area contributed by atoms with E-state index in [2.05, 4.69) is 43.2 Å². The average Bonchev–Trinajstić information content (AvgIpc) is 3.08. The molecule has 32 heavy (non-hydrogen) atoms. The van der Waals surface area contributed by atoms with E-state index in [0.29, 0.717) is 12.5 Å². The highest BCUT2D eigenvalue weighted by molar-refractivity contribution is 14.0. The zero-order valence-corrected chi connectivity index (χ0v) is 21.7. The minimum Gasteiger partial charge on any atom is -0.493 e. The Balaban J connectivity index is 0.00000289. The van der Waals surface area contributed by atoms with Gasteiger partial charge in [0.15, 0.2) is 5.96 Å². The third-order valence-electron chi connectivity index (χ3n) is 6.65. The fourth-order valence-corrected chi connectivity index (χ4v) is 4.78. The van der Waals surface area contributed by atoms with Gasteiger partial charge in [0.1, 0.15) is 5.75 Å². The molecule has 8 heteroatoms. The van der Waals surface area contributed by atoms with Crippen molar-refractivity contribution in [3.63, 3.8) is 0 Å². The quantitative estimate of drug-likeness (QED) is 0.344. The summed E-state index contributed by atoms with van der Waals surface area (Å²) in [7, 11) is 1.85. The van der Waals surface area contributed by atoms with Gasteiger partial charge in [-0.3, -0.25) is 14.7 Å². The van der Waals surface area contributed by atoms with E-state index in [1.165, 1.54) is 24.0 Å². The van der Waals surface area contributed by atoms with Crippen LogP contribution in [0.1, 0.15) is 36.8 Å². The van der Waals surface area contributed by atoms with E-state index in [4.69, 9.17) is 4.74 Å². The minimum atomic E-state index is 0. The number of amides is 1. The third-order valence-corrected chi connectivity index (χ3v) is 6.65. The van der Waals surface area contributed by atoms with Crippen molar-refractivity contribution in [1.82, 2.24) is 20.0 Å². The van der Waals surface area contributed by atoms with Gasteiger partial charge in [-0.25, -0.2) is 0 Å². The van der Waals surface area contributed by atoms with Crippen LogP contribution in [0, 0.1) is 0 Å². The number of rotatable bonds is 5. The van der Waals surface area contributed by atoms with Gasteiger partial charge in [0.25, 0.3) is 0 Å². The molecule has 3 heterocycles. The maximum absolute atomic E-state index is 12.7. The number of likely N-dealkylation sites (tertiary alicyclic amines) is 1. The number of halogens is 1. The molecule has 0 radical (unpaired) electrons. The molecule has 0 aliphatic carbocycles. The molecule has 0 saturated carbocycles. The molecule has 3 aliphatic rings. The first-order valence-electron chi connectivity index (χ1n) is 11.9. The van der Waals surface area contributed by atoms with Crippen molar-refractivity contribution in [3.8, 4) is 5.75 Å². The number of hydrogen-bond donors (Lipinski definition) is 1. The molecule has 0 unspecified atom stereocenters. The van der Waals surface area contributed by atoms with Crippen molar-refractivity contribution in [2.75, 3.05) is 66.0 Å². The number of piperazine rings is 1. The van der Waals surface area contributed by atoms with Gasteiger partial charge in [0.05, 0.1) is 13.2 Å². The normalized spacial score (nSPS) is 19.6. The Morgan fingerprint density at radius 3 is 2.50 bits per heavy atom. The van der Waals surface area contributed by atoms with E-state index in [0.717, 1.165) is 89.8 Å². The van der Waals surface area contributed by atoms with Crippen LogP contribution in [-0.2, 0) is 17.6 Å². The molecule has 0 aromatic heterocycles. The van der Waals surface area contributed by atoms with Gasteiger partial charge in [-0.15, -0.1) is 24.0 Å². The SMILES string of the molecule is CN=C(NCCc1ccc2c(c1)CCO2)N1CCN(CC(=O)N2CCCCCC2)CC1.I. The Morgan fingerprint density at radius 1 is 1.03 bits per heavy atom. The maximum atomic E-state index is 12.7. The summed E-state index contributed by atoms with van der Waals surface area (Å²) in [5.74, 6) is 2.31. The number of carbonyl (C=O) groups is 1. The van der Waals surface area contributed by atoms with Crippen LogP contribution >= 0.6 is 24.0 Å². The fourth-order valence-electron chi connectivity index (χ4n) is 4.78. The van der Waals surface area contributed by atoms with Crippen molar-refractivity contribution < 1.29 is 9.53 Å². The summed E-state index contributed by atoms with van der Waals surface area (Å²) in [5, 5.41) is 3.52. The van der Waals surface area contributed by atoms with Crippen LogP contribution in [0.5, 0.6) is 5.75 Å². The van der Waals surface area contributed by atoms with E-state index in [9.17, 15) is 4.79 Å². The van der Waals surface area contributed by atoms with Gasteiger partial charge in [0.2, 0.25) is 5.91 Å². The van der Waals surface area contributed by atoms with Crippen LogP contribution in [0.3, 0.4) is 0 Å². The summed E-state index contributed by atoms with van der Waals surface area (Å²) in [5.41, 5.74) is 2.66. The Labute approximate surface area is 209 Å². The summed E-state index contributed by atoms with van der Waals surface area (Å²) >= 11 is 0. The van der Waals surface area contributed by atoms with Gasteiger partial charge in [-0.1, -0.05) is 25.0 Å². The van der Waals surface area contributed by atoms with E-state index >= 15 is 0 Å². The van der Waals surface area contributed by atoms with Gasteiger partial charge in [0, 0.05) is 59.3 Å². The number of benzene rings is 1. The summed E-state index contributed by atoms with van der Waals surface area (Å²) < 4.78 is 5.60. The number of carbonyl (C=O) groups excluding carboxylic acids is 1. The van der Waals surface area contributed by atoms with Crippen LogP contribution in [0.25, 0.3) is 0 Å². The molecular weight excluding hydrogens is 517 g/mol. The lowest BCUT2D eigenvalue weighted by Gasteiger charge is -2.37. The third kappa shape index (κ3) is 6.73. The second kappa shape index (κ2) is 12.6. The Bertz CT molecular complexity index is 772. The zero-order valence-electron chi connectivity index (χ0n) is 19.4. The highest BCUT2D eigenvalue weighted by Gasteiger charge is 2.23. The summed E-state index contributed by atoms with van der Waals surface area (Å²) in [6.07, 6.45) is 6.81. The molecule has 1 aromatic carbocycles. The summed E-state index contributed by atoms with van der Waals surface area (Å²) in [6.45, 7) is 7.73. The number of fused-ring (bicyclic) bond motifs is 1. The molecule has 2 saturated heterocycles. The number of ether oxygens (including phenoxy) is 1. The Hall–Kier alpha value is -1.55. The second-order valence-corrected chi connectivity index (χ2v) is 8.82. The summed E-state index contributed by atoms with van der Waals surface area (Å²) in [6, 6.07) is 6.53. The lowest BCUT2D eigenvalue weighted by Crippen LogP contribution is -2.54. The van der Waals surface area contributed by atoms with Crippen LogP contribution in [0.4, 0.5) is 0 Å². The molecule has 7 nitrogen and oxygen atoms in total. The topological polar surface area (TPSA) is 60.4 Å². The summed E-state index contributed by atoms with van der Waals surface area (Å²) in [4.78, 5) is 23.8. The van der Waals surface area contributed by atoms with Gasteiger partial charge < -0.3 is 19.9 Å². The number of guanidine groups is 1. The standard InChI is InChI=1S/C24H37N5O2.HI/c1-25-24(26-10-8-20-6-7-22-21(18-20)9-17-31-22)29-15-13-27(14-16-29)19-23(30)28-11-4-2-3-5-12-28;/h6-7,18H,2-5,8-17,19H2,1H3,(H,25,26);1H. The van der Waals surface area contributed by atoms with Crippen LogP contribution < -0.4 is 10.1 Å². The van der Waals surface area contributed by atoms with E-state index < -0.39 is 0 Å². The highest BCUT2D eigenvalue weighted by Crippen LogP contribution is 2.25. The lowest BCUT2D eigenvalue weighted by molar-refractivity contribution is -0.132. The minimum absolute atomic E-state index is 0. The molecule has 1 N–H and O–H groups in total. The fraction of sp³-hybridized carbons (Fsp3) is 0.667. The maximum Gasteiger partial charge on any atom is 0.236 e. The van der Waals surface area contributed by atoms with E-state index in [1.54, 1.807) is 0 Å².